The molecule has 7 heteroatoms. The summed E-state index contributed by atoms with van der Waals surface area (Å²) in [6.07, 6.45) is 2.37. The molecule has 0 unspecified atom stereocenters. The minimum atomic E-state index is -3.25. The van der Waals surface area contributed by atoms with Gasteiger partial charge < -0.3 is 0 Å². The Labute approximate surface area is 143 Å². The van der Waals surface area contributed by atoms with Gasteiger partial charge in [0.15, 0.2) is 9.84 Å². The van der Waals surface area contributed by atoms with Crippen molar-refractivity contribution in [2.24, 2.45) is 0 Å². The highest BCUT2D eigenvalue weighted by molar-refractivity contribution is 7.90. The first-order valence-corrected chi connectivity index (χ1v) is 11.0. The van der Waals surface area contributed by atoms with E-state index in [-0.39, 0.29) is 11.5 Å². The van der Waals surface area contributed by atoms with Crippen LogP contribution in [-0.4, -0.2) is 18.4 Å². The summed E-state index contributed by atoms with van der Waals surface area (Å²) >= 11 is 3.04. The van der Waals surface area contributed by atoms with Crippen LogP contribution in [0.1, 0.15) is 40.0 Å². The van der Waals surface area contributed by atoms with Crippen molar-refractivity contribution in [3.63, 3.8) is 0 Å². The van der Waals surface area contributed by atoms with Crippen LogP contribution in [0, 0.1) is 6.92 Å². The highest BCUT2D eigenvalue weighted by atomic mass is 32.2. The maximum absolute atomic E-state index is 12.4. The minimum absolute atomic E-state index is 0.00513. The van der Waals surface area contributed by atoms with Gasteiger partial charge in [0.1, 0.15) is 10.8 Å². The second-order valence-corrected chi connectivity index (χ2v) is 10.1. The maximum Gasteiger partial charge on any atom is 0.162 e. The topological polar surface area (TPSA) is 59.9 Å². The number of sulfone groups is 1. The van der Waals surface area contributed by atoms with Crippen LogP contribution in [0.3, 0.4) is 0 Å². The molecule has 2 heterocycles. The standard InChI is InChI=1S/C16H16N2O2S3/c1-10-2-5-14-13(6-10)18-15(22-14)9-23(19,20)8-12-7-21-16(17-12)11-3-4-11/h2,5-7,11H,3-4,8-9H2,1H3. The Morgan fingerprint density at radius 1 is 1.22 bits per heavy atom. The Morgan fingerprint density at radius 3 is 2.83 bits per heavy atom. The van der Waals surface area contributed by atoms with Crippen LogP contribution >= 0.6 is 22.7 Å². The van der Waals surface area contributed by atoms with Gasteiger partial charge in [0.2, 0.25) is 0 Å². The molecule has 0 aliphatic heterocycles. The Balaban J connectivity index is 1.52. The van der Waals surface area contributed by atoms with Crippen LogP contribution in [0.2, 0.25) is 0 Å². The zero-order valence-corrected chi connectivity index (χ0v) is 15.1. The molecule has 0 saturated heterocycles. The first-order chi connectivity index (χ1) is 11.0. The van der Waals surface area contributed by atoms with Gasteiger partial charge in [0.25, 0.3) is 0 Å². The Morgan fingerprint density at radius 2 is 2.04 bits per heavy atom. The molecule has 0 atom stereocenters. The fourth-order valence-corrected chi connectivity index (χ4v) is 6.27. The van der Waals surface area contributed by atoms with Gasteiger partial charge in [-0.05, 0) is 37.5 Å². The number of fused-ring (bicyclic) bond motifs is 1. The molecule has 0 N–H and O–H groups in total. The molecule has 0 radical (unpaired) electrons. The quantitative estimate of drug-likeness (QED) is 0.685. The third-order valence-electron chi connectivity index (χ3n) is 3.79. The van der Waals surface area contributed by atoms with E-state index in [0.29, 0.717) is 16.6 Å². The Hall–Kier alpha value is -1.31. The number of hydrogen-bond donors (Lipinski definition) is 0. The minimum Gasteiger partial charge on any atom is -0.245 e. The molecule has 3 aromatic rings. The van der Waals surface area contributed by atoms with E-state index in [1.54, 1.807) is 11.3 Å². The van der Waals surface area contributed by atoms with Gasteiger partial charge in [0, 0.05) is 11.3 Å². The van der Waals surface area contributed by atoms with E-state index in [1.807, 2.05) is 30.5 Å². The molecule has 1 fully saturated rings. The zero-order chi connectivity index (χ0) is 16.0. The largest absolute Gasteiger partial charge is 0.245 e. The molecule has 4 rings (SSSR count). The second kappa shape index (κ2) is 5.65. The Kier molecular flexibility index (Phi) is 3.74. The summed E-state index contributed by atoms with van der Waals surface area (Å²) in [5.74, 6) is 0.566. The average molecular weight is 365 g/mol. The van der Waals surface area contributed by atoms with Gasteiger partial charge in [-0.15, -0.1) is 22.7 Å². The third kappa shape index (κ3) is 3.46. The zero-order valence-electron chi connectivity index (χ0n) is 12.7. The average Bonchev–Trinajstić information content (AvgIpc) is 3.10. The molecule has 2 aromatic heterocycles. The molecule has 1 aromatic carbocycles. The normalized spacial score (nSPS) is 15.3. The van der Waals surface area contributed by atoms with Crippen molar-refractivity contribution < 1.29 is 8.42 Å². The fourth-order valence-electron chi connectivity index (χ4n) is 2.52. The number of rotatable bonds is 5. The summed E-state index contributed by atoms with van der Waals surface area (Å²) in [5.41, 5.74) is 2.69. The van der Waals surface area contributed by atoms with Crippen molar-refractivity contribution in [3.05, 3.63) is 44.9 Å². The molecule has 4 nitrogen and oxygen atoms in total. The molecule has 0 spiro atoms. The SMILES string of the molecule is Cc1ccc2sc(CS(=O)(=O)Cc3csc(C4CC4)n3)nc2c1. The highest BCUT2D eigenvalue weighted by Gasteiger charge is 2.27. The third-order valence-corrected chi connectivity index (χ3v) is 7.52. The van der Waals surface area contributed by atoms with Crippen molar-refractivity contribution in [1.29, 1.82) is 0 Å². The lowest BCUT2D eigenvalue weighted by Crippen LogP contribution is -2.07. The van der Waals surface area contributed by atoms with Crippen molar-refractivity contribution in [3.8, 4) is 0 Å². The van der Waals surface area contributed by atoms with Gasteiger partial charge in [-0.25, -0.2) is 18.4 Å². The molecular formula is C16H16N2O2S3. The van der Waals surface area contributed by atoms with E-state index in [4.69, 9.17) is 0 Å². The van der Waals surface area contributed by atoms with Crippen LogP contribution < -0.4 is 0 Å². The lowest BCUT2D eigenvalue weighted by Gasteiger charge is -1.99. The summed E-state index contributed by atoms with van der Waals surface area (Å²) in [6.45, 7) is 2.01. The lowest BCUT2D eigenvalue weighted by molar-refractivity contribution is 0.594. The van der Waals surface area contributed by atoms with Crippen LogP contribution in [0.4, 0.5) is 0 Å². The first kappa shape index (κ1) is 15.2. The molecule has 0 bridgehead atoms. The second-order valence-electron chi connectivity index (χ2n) is 6.06. The molecule has 1 aliphatic carbocycles. The van der Waals surface area contributed by atoms with Gasteiger partial charge in [-0.3, -0.25) is 0 Å². The van der Waals surface area contributed by atoms with Crippen LogP contribution in [-0.2, 0) is 21.3 Å². The van der Waals surface area contributed by atoms with Gasteiger partial charge >= 0.3 is 0 Å². The van der Waals surface area contributed by atoms with Crippen molar-refractivity contribution >= 4 is 42.7 Å². The summed E-state index contributed by atoms with van der Waals surface area (Å²) in [5, 5.41) is 3.63. The van der Waals surface area contributed by atoms with E-state index < -0.39 is 9.84 Å². The van der Waals surface area contributed by atoms with E-state index >= 15 is 0 Å². The summed E-state index contributed by atoms with van der Waals surface area (Å²) in [7, 11) is -3.25. The maximum atomic E-state index is 12.4. The van der Waals surface area contributed by atoms with Crippen LogP contribution in [0.5, 0.6) is 0 Å². The molecule has 0 amide bonds. The number of aromatic nitrogens is 2. The summed E-state index contributed by atoms with van der Waals surface area (Å²) < 4.78 is 25.9. The first-order valence-electron chi connectivity index (χ1n) is 7.49. The number of benzene rings is 1. The van der Waals surface area contributed by atoms with Crippen molar-refractivity contribution in [2.45, 2.75) is 37.2 Å². The number of nitrogens with zero attached hydrogens (tertiary/aromatic N) is 2. The number of aryl methyl sites for hydroxylation is 1. The monoisotopic (exact) mass is 364 g/mol. The van der Waals surface area contributed by atoms with E-state index in [0.717, 1.165) is 20.8 Å². The smallest absolute Gasteiger partial charge is 0.162 e. The van der Waals surface area contributed by atoms with Crippen molar-refractivity contribution in [2.75, 3.05) is 0 Å². The predicted octanol–water partition coefficient (Wildman–Crippen LogP) is 4.05. The van der Waals surface area contributed by atoms with Gasteiger partial charge in [0.05, 0.1) is 26.7 Å². The number of hydrogen-bond acceptors (Lipinski definition) is 6. The number of thiazole rings is 2. The molecule has 1 saturated carbocycles. The molecule has 23 heavy (non-hydrogen) atoms. The summed E-state index contributed by atoms with van der Waals surface area (Å²) in [4.78, 5) is 8.94. The van der Waals surface area contributed by atoms with Crippen LogP contribution in [0.25, 0.3) is 10.2 Å². The van der Waals surface area contributed by atoms with Gasteiger partial charge in [-0.2, -0.15) is 0 Å². The Bertz CT molecular complexity index is 968. The molecule has 1 aliphatic rings. The van der Waals surface area contributed by atoms with Gasteiger partial charge in [-0.1, -0.05) is 6.07 Å². The molecule has 120 valence electrons. The molecular weight excluding hydrogens is 348 g/mol. The summed E-state index contributed by atoms with van der Waals surface area (Å²) in [6, 6.07) is 6.01. The van der Waals surface area contributed by atoms with E-state index in [1.165, 1.54) is 24.2 Å². The van der Waals surface area contributed by atoms with E-state index in [9.17, 15) is 8.42 Å². The van der Waals surface area contributed by atoms with Crippen LogP contribution in [0.15, 0.2) is 23.6 Å². The van der Waals surface area contributed by atoms with E-state index in [2.05, 4.69) is 9.97 Å². The van der Waals surface area contributed by atoms with Crippen molar-refractivity contribution in [1.82, 2.24) is 9.97 Å². The highest BCUT2D eigenvalue weighted by Crippen LogP contribution is 2.41. The predicted molar refractivity (Wildman–Crippen MR) is 94.8 cm³/mol. The fraction of sp³-hybridized carbons (Fsp3) is 0.375. The lowest BCUT2D eigenvalue weighted by atomic mass is 10.2.